The summed E-state index contributed by atoms with van der Waals surface area (Å²) in [4.78, 5) is 8.57. The molecule has 57 valence electrons. The molecule has 0 aliphatic carbocycles. The largest absolute Gasteiger partial charge is 0.343 e. The molecular weight excluding hydrogens is 194 g/mol. The van der Waals surface area contributed by atoms with Crippen molar-refractivity contribution in [3.05, 3.63) is 30.3 Å². The van der Waals surface area contributed by atoms with Crippen molar-refractivity contribution >= 4 is 13.3 Å². The van der Waals surface area contributed by atoms with Crippen molar-refractivity contribution in [1.29, 1.82) is 0 Å². The summed E-state index contributed by atoms with van der Waals surface area (Å²) in [5, 5.41) is 0.516. The molecule has 1 N–H and O–H groups in total. The van der Waals surface area contributed by atoms with Crippen LogP contribution >= 0.6 is 8.03 Å². The van der Waals surface area contributed by atoms with Gasteiger partial charge >= 0.3 is 0 Å². The van der Waals surface area contributed by atoms with Crippen molar-refractivity contribution in [2.24, 2.45) is 0 Å². The van der Waals surface area contributed by atoms with E-state index in [9.17, 15) is 4.57 Å². The zero-order chi connectivity index (χ0) is 6.69. The van der Waals surface area contributed by atoms with Crippen LogP contribution in [-0.4, -0.2) is 4.89 Å². The zero-order valence-electron chi connectivity index (χ0n) is 5.08. The molecule has 0 amide bonds. The van der Waals surface area contributed by atoms with E-state index in [4.69, 9.17) is 4.89 Å². The second kappa shape index (κ2) is 4.69. The van der Waals surface area contributed by atoms with Crippen molar-refractivity contribution in [1.82, 2.24) is 0 Å². The molecule has 10 heavy (non-hydrogen) atoms. The molecule has 0 saturated carbocycles. The smallest absolute Gasteiger partial charge is 0.218 e. The van der Waals surface area contributed by atoms with Gasteiger partial charge in [-0.3, -0.25) is 4.57 Å². The van der Waals surface area contributed by atoms with Gasteiger partial charge in [0.05, 0.1) is 0 Å². The van der Waals surface area contributed by atoms with Crippen LogP contribution in [0.15, 0.2) is 30.3 Å². The van der Waals surface area contributed by atoms with Crippen LogP contribution in [0.5, 0.6) is 0 Å². The maximum Gasteiger partial charge on any atom is 0.218 e. The van der Waals surface area contributed by atoms with E-state index in [1.807, 2.05) is 6.07 Å². The summed E-state index contributed by atoms with van der Waals surface area (Å²) in [5.74, 6) is 0. The minimum atomic E-state index is -2.46. The third-order valence-electron chi connectivity index (χ3n) is 1.02. The van der Waals surface area contributed by atoms with Gasteiger partial charge in [-0.05, 0) is 12.1 Å². The summed E-state index contributed by atoms with van der Waals surface area (Å²) in [6.45, 7) is 0. The summed E-state index contributed by atoms with van der Waals surface area (Å²) < 4.78 is 10.4. The molecule has 2 nitrogen and oxygen atoms in total. The van der Waals surface area contributed by atoms with E-state index in [0.29, 0.717) is 5.30 Å². The summed E-state index contributed by atoms with van der Waals surface area (Å²) >= 11 is 0. The van der Waals surface area contributed by atoms with Gasteiger partial charge in [0, 0.05) is 22.1 Å². The minimum absolute atomic E-state index is 0. The predicted molar refractivity (Wildman–Crippen MR) is 37.3 cm³/mol. The van der Waals surface area contributed by atoms with Crippen molar-refractivity contribution in [2.75, 3.05) is 0 Å². The van der Waals surface area contributed by atoms with Crippen LogP contribution in [0.25, 0.3) is 0 Å². The van der Waals surface area contributed by atoms with Gasteiger partial charge in [0.2, 0.25) is 8.03 Å². The average Bonchev–Trinajstić information content (AvgIpc) is 1.90. The molecule has 4 heteroatoms. The van der Waals surface area contributed by atoms with Crippen LogP contribution in [0, 0.1) is 0 Å². The molecule has 1 aromatic carbocycles. The van der Waals surface area contributed by atoms with Crippen LogP contribution in [0.3, 0.4) is 0 Å². The van der Waals surface area contributed by atoms with Gasteiger partial charge in [-0.25, -0.2) is 0 Å². The molecule has 0 aliphatic rings. The van der Waals surface area contributed by atoms with Crippen LogP contribution in [-0.2, 0) is 21.3 Å². The van der Waals surface area contributed by atoms with Gasteiger partial charge in [-0.2, -0.15) is 0 Å². The first-order valence-corrected chi connectivity index (χ1v) is 3.94. The van der Waals surface area contributed by atoms with Gasteiger partial charge in [0.1, 0.15) is 0 Å². The molecule has 0 saturated heterocycles. The Bertz CT molecular complexity index is 212. The molecule has 1 radical (unpaired) electrons. The van der Waals surface area contributed by atoms with Gasteiger partial charge in [0.25, 0.3) is 0 Å². The molecule has 0 heterocycles. The van der Waals surface area contributed by atoms with Crippen molar-refractivity contribution in [3.63, 3.8) is 0 Å². The zero-order valence-corrected chi connectivity index (χ0v) is 7.12. The summed E-state index contributed by atoms with van der Waals surface area (Å²) in [7, 11) is -2.46. The molecule has 0 aromatic heterocycles. The molecule has 0 spiro atoms. The Labute approximate surface area is 70.3 Å². The molecule has 0 aliphatic heterocycles. The van der Waals surface area contributed by atoms with E-state index < -0.39 is 8.03 Å². The maximum absolute atomic E-state index is 10.4. The Hall–Kier alpha value is -0.0835. The first-order chi connectivity index (χ1) is 4.30. The van der Waals surface area contributed by atoms with Gasteiger partial charge in [0.15, 0.2) is 0 Å². The fourth-order valence-corrected chi connectivity index (χ4v) is 1.06. The van der Waals surface area contributed by atoms with E-state index >= 15 is 0 Å². The van der Waals surface area contributed by atoms with Crippen molar-refractivity contribution < 1.29 is 26.2 Å². The molecule has 0 bridgehead atoms. The second-order valence-corrected chi connectivity index (χ2v) is 2.86. The summed E-state index contributed by atoms with van der Waals surface area (Å²) in [6, 6.07) is 8.58. The fourth-order valence-electron chi connectivity index (χ4n) is 0.581. The first kappa shape index (κ1) is 9.92. The predicted octanol–water partition coefficient (Wildman–Crippen LogP) is 0.776. The monoisotopic (exact) mass is 201 g/mol. The summed E-state index contributed by atoms with van der Waals surface area (Å²) in [6.07, 6.45) is 0. The molecule has 1 aromatic rings. The third-order valence-corrected chi connectivity index (χ3v) is 1.85. The maximum atomic E-state index is 10.4. The Morgan fingerprint density at radius 1 is 1.20 bits per heavy atom. The number of hydrogen-bond donors (Lipinski definition) is 1. The molecule has 1 atom stereocenters. The molecule has 1 rings (SSSR count). The topological polar surface area (TPSA) is 37.3 Å². The fraction of sp³-hybridized carbons (Fsp3) is 0. The average molecular weight is 201 g/mol. The number of rotatable bonds is 1. The Morgan fingerprint density at radius 2 is 1.70 bits per heavy atom. The van der Waals surface area contributed by atoms with E-state index in [1.54, 1.807) is 24.3 Å². The van der Waals surface area contributed by atoms with Gasteiger partial charge < -0.3 is 4.89 Å². The number of benzene rings is 1. The van der Waals surface area contributed by atoms with Crippen LogP contribution in [0.1, 0.15) is 0 Å². The van der Waals surface area contributed by atoms with Crippen molar-refractivity contribution in [2.45, 2.75) is 0 Å². The Kier molecular flexibility index (Phi) is 4.65. The Balaban J connectivity index is 0.000000810. The normalized spacial score (nSPS) is 11.7. The van der Waals surface area contributed by atoms with E-state index in [-0.39, 0.29) is 16.8 Å². The minimum Gasteiger partial charge on any atom is -0.343 e. The van der Waals surface area contributed by atoms with E-state index in [0.717, 1.165) is 0 Å². The van der Waals surface area contributed by atoms with E-state index in [1.165, 1.54) is 0 Å². The second-order valence-electron chi connectivity index (χ2n) is 1.67. The standard InChI is InChI=1S/C6H7O2P.Co/c7-9(8)6-4-2-1-3-5-6;/h1-5,9H,(H,7,8);. The van der Waals surface area contributed by atoms with Crippen LogP contribution in [0.4, 0.5) is 0 Å². The number of hydrogen-bond acceptors (Lipinski definition) is 1. The van der Waals surface area contributed by atoms with E-state index in [2.05, 4.69) is 0 Å². The molecular formula is C6H7CoO2P. The third kappa shape index (κ3) is 2.67. The van der Waals surface area contributed by atoms with Crippen molar-refractivity contribution in [3.8, 4) is 0 Å². The van der Waals surface area contributed by atoms with Crippen LogP contribution in [0.2, 0.25) is 0 Å². The van der Waals surface area contributed by atoms with Crippen LogP contribution < -0.4 is 5.30 Å². The quantitative estimate of drug-likeness (QED) is 0.681. The summed E-state index contributed by atoms with van der Waals surface area (Å²) in [5.41, 5.74) is 0. The van der Waals surface area contributed by atoms with Gasteiger partial charge in [-0.1, -0.05) is 18.2 Å². The first-order valence-electron chi connectivity index (χ1n) is 2.59. The van der Waals surface area contributed by atoms with Gasteiger partial charge in [-0.15, -0.1) is 0 Å². The SMILES string of the molecule is O=[PH](O)c1ccccc1.[Co]. The molecule has 0 fully saturated rings. The molecule has 1 unspecified atom stereocenters. The Morgan fingerprint density at radius 3 is 2.00 bits per heavy atom.